The monoisotopic (exact) mass is 173 g/mol. The zero-order valence-electron chi connectivity index (χ0n) is 6.77. The number of rotatable bonds is 5. The van der Waals surface area contributed by atoms with Gasteiger partial charge in [0.25, 0.3) is 0 Å². The molecule has 0 fully saturated rings. The summed E-state index contributed by atoms with van der Waals surface area (Å²) in [4.78, 5) is 19.8. The molecule has 0 saturated heterocycles. The fraction of sp³-hybridized carbons (Fsp3) is 0.571. The Kier molecular flexibility index (Phi) is 4.87. The molecule has 0 aromatic rings. The number of nitrogens with zero attached hydrogens (tertiary/aromatic N) is 1. The van der Waals surface area contributed by atoms with Crippen molar-refractivity contribution in [1.82, 2.24) is 0 Å². The van der Waals surface area contributed by atoms with Crippen LogP contribution in [0.25, 0.3) is 0 Å². The van der Waals surface area contributed by atoms with Crippen LogP contribution in [-0.2, 0) is 4.79 Å². The second kappa shape index (κ2) is 5.42. The van der Waals surface area contributed by atoms with E-state index in [1.165, 1.54) is 0 Å². The van der Waals surface area contributed by atoms with E-state index < -0.39 is 11.0 Å². The molecule has 5 heteroatoms. The molecule has 12 heavy (non-hydrogen) atoms. The Balaban J connectivity index is 3.81. The van der Waals surface area contributed by atoms with Crippen molar-refractivity contribution in [2.45, 2.75) is 25.9 Å². The third kappa shape index (κ3) is 5.55. The summed E-state index contributed by atoms with van der Waals surface area (Å²) in [5.41, 5.74) is 0. The number of hydrogen-bond acceptors (Lipinski definition) is 4. The largest absolute Gasteiger partial charge is 0.388 e. The van der Waals surface area contributed by atoms with Crippen LogP contribution < -0.4 is 0 Å². The van der Waals surface area contributed by atoms with Crippen molar-refractivity contribution in [3.05, 3.63) is 22.4 Å². The first-order valence-corrected chi connectivity index (χ1v) is 3.57. The Morgan fingerprint density at radius 1 is 1.75 bits per heavy atom. The lowest BCUT2D eigenvalue weighted by molar-refractivity contribution is -0.402. The third-order valence-electron chi connectivity index (χ3n) is 1.26. The number of hydrogen-bond donors (Lipinski definition) is 1. The number of aliphatic hydroxyl groups is 1. The fourth-order valence-corrected chi connectivity index (χ4v) is 0.615. The van der Waals surface area contributed by atoms with E-state index in [0.29, 0.717) is 12.6 Å². The Morgan fingerprint density at radius 2 is 2.33 bits per heavy atom. The number of carbonyl (C=O) groups excluding carboxylic acids is 1. The maximum Gasteiger partial charge on any atom is 0.233 e. The van der Waals surface area contributed by atoms with Gasteiger partial charge >= 0.3 is 0 Å². The molecule has 1 N–H and O–H groups in total. The molecule has 0 rings (SSSR count). The summed E-state index contributed by atoms with van der Waals surface area (Å²) in [6, 6.07) is 0. The molecule has 5 nitrogen and oxygen atoms in total. The maximum atomic E-state index is 10.7. The van der Waals surface area contributed by atoms with Gasteiger partial charge in [0.05, 0.1) is 11.0 Å². The first kappa shape index (κ1) is 10.8. The second-order valence-electron chi connectivity index (χ2n) is 2.29. The van der Waals surface area contributed by atoms with Gasteiger partial charge in [0.15, 0.2) is 0 Å². The van der Waals surface area contributed by atoms with Gasteiger partial charge in [-0.25, -0.2) is 0 Å². The Labute approximate surface area is 69.8 Å². The highest BCUT2D eigenvalue weighted by Crippen LogP contribution is 1.97. The number of nitro groups is 1. The molecule has 0 aliphatic rings. The molecule has 0 amide bonds. The predicted molar refractivity (Wildman–Crippen MR) is 42.1 cm³/mol. The number of carbonyl (C=O) groups is 1. The molecule has 1 atom stereocenters. The summed E-state index contributed by atoms with van der Waals surface area (Å²) in [7, 11) is 0. The average molecular weight is 173 g/mol. The standard InChI is InChI=1S/C7H11NO4/c1-2-6(9)5-7(10)3-4-8(11)12/h3-4,7,10H,2,5H2,1H3/t7-/m1/s1. The van der Waals surface area contributed by atoms with Gasteiger partial charge < -0.3 is 5.11 Å². The van der Waals surface area contributed by atoms with Crippen molar-refractivity contribution in [3.63, 3.8) is 0 Å². The maximum absolute atomic E-state index is 10.7. The summed E-state index contributed by atoms with van der Waals surface area (Å²) in [5.74, 6) is -0.115. The molecule has 0 bridgehead atoms. The van der Waals surface area contributed by atoms with Crippen molar-refractivity contribution >= 4 is 5.78 Å². The van der Waals surface area contributed by atoms with Gasteiger partial charge in [-0.3, -0.25) is 14.9 Å². The quantitative estimate of drug-likeness (QED) is 0.485. The van der Waals surface area contributed by atoms with Crippen LogP contribution in [-0.4, -0.2) is 21.9 Å². The lowest BCUT2D eigenvalue weighted by Gasteiger charge is -2.00. The van der Waals surface area contributed by atoms with E-state index in [1.807, 2.05) is 0 Å². The molecule has 0 aromatic heterocycles. The predicted octanol–water partition coefficient (Wildman–Crippen LogP) is 0.507. The molecular formula is C7H11NO4. The zero-order valence-corrected chi connectivity index (χ0v) is 6.77. The molecule has 0 spiro atoms. The molecule has 0 unspecified atom stereocenters. The van der Waals surface area contributed by atoms with E-state index in [2.05, 4.69) is 0 Å². The van der Waals surface area contributed by atoms with Crippen molar-refractivity contribution in [2.24, 2.45) is 0 Å². The van der Waals surface area contributed by atoms with E-state index in [9.17, 15) is 14.9 Å². The highest BCUT2D eigenvalue weighted by molar-refractivity contribution is 5.78. The number of Topliss-reactive ketones (excluding diaryl/α,β-unsaturated/α-hetero) is 1. The minimum absolute atomic E-state index is 0.0547. The molecule has 68 valence electrons. The van der Waals surface area contributed by atoms with Crippen molar-refractivity contribution in [3.8, 4) is 0 Å². The Morgan fingerprint density at radius 3 is 2.75 bits per heavy atom. The normalized spacial score (nSPS) is 13.2. The molecule has 0 aromatic carbocycles. The van der Waals surface area contributed by atoms with Gasteiger partial charge in [-0.05, 0) is 0 Å². The molecular weight excluding hydrogens is 162 g/mol. The topological polar surface area (TPSA) is 80.4 Å². The Hall–Kier alpha value is -1.23. The fourth-order valence-electron chi connectivity index (χ4n) is 0.615. The molecule has 0 aliphatic heterocycles. The van der Waals surface area contributed by atoms with E-state index in [1.54, 1.807) is 6.92 Å². The lowest BCUT2D eigenvalue weighted by atomic mass is 10.1. The highest BCUT2D eigenvalue weighted by Gasteiger charge is 2.06. The molecule has 0 aliphatic carbocycles. The highest BCUT2D eigenvalue weighted by atomic mass is 16.6. The van der Waals surface area contributed by atoms with Crippen molar-refractivity contribution < 1.29 is 14.8 Å². The lowest BCUT2D eigenvalue weighted by Crippen LogP contribution is -2.10. The van der Waals surface area contributed by atoms with Gasteiger partial charge in [-0.2, -0.15) is 0 Å². The van der Waals surface area contributed by atoms with Gasteiger partial charge in [-0.1, -0.05) is 6.92 Å². The van der Waals surface area contributed by atoms with Crippen LogP contribution in [0, 0.1) is 10.1 Å². The Bertz CT molecular complexity index is 200. The van der Waals surface area contributed by atoms with Crippen molar-refractivity contribution in [2.75, 3.05) is 0 Å². The summed E-state index contributed by atoms with van der Waals surface area (Å²) >= 11 is 0. The van der Waals surface area contributed by atoms with Crippen LogP contribution in [0.4, 0.5) is 0 Å². The zero-order chi connectivity index (χ0) is 9.56. The first-order valence-electron chi connectivity index (χ1n) is 3.57. The summed E-state index contributed by atoms with van der Waals surface area (Å²) in [6.07, 6.45) is 0.869. The van der Waals surface area contributed by atoms with Crippen molar-refractivity contribution in [1.29, 1.82) is 0 Å². The van der Waals surface area contributed by atoms with E-state index in [4.69, 9.17) is 5.11 Å². The molecule has 0 saturated carbocycles. The van der Waals surface area contributed by atoms with Crippen LogP contribution in [0.3, 0.4) is 0 Å². The van der Waals surface area contributed by atoms with Crippen LogP contribution in [0.2, 0.25) is 0 Å². The van der Waals surface area contributed by atoms with Gasteiger partial charge in [0, 0.05) is 18.9 Å². The van der Waals surface area contributed by atoms with E-state index in [0.717, 1.165) is 6.08 Å². The van der Waals surface area contributed by atoms with Crippen LogP contribution in [0.15, 0.2) is 12.3 Å². The van der Waals surface area contributed by atoms with E-state index >= 15 is 0 Å². The van der Waals surface area contributed by atoms with Gasteiger partial charge in [0.2, 0.25) is 6.20 Å². The molecule has 0 radical (unpaired) electrons. The summed E-state index contributed by atoms with van der Waals surface area (Å²) in [6.45, 7) is 1.67. The number of aliphatic hydroxyl groups excluding tert-OH is 1. The molecule has 0 heterocycles. The minimum Gasteiger partial charge on any atom is -0.388 e. The second-order valence-corrected chi connectivity index (χ2v) is 2.29. The third-order valence-corrected chi connectivity index (χ3v) is 1.26. The minimum atomic E-state index is -1.04. The average Bonchev–Trinajstić information content (AvgIpc) is 2.00. The van der Waals surface area contributed by atoms with Crippen LogP contribution in [0.1, 0.15) is 19.8 Å². The van der Waals surface area contributed by atoms with E-state index in [-0.39, 0.29) is 12.2 Å². The number of ketones is 1. The SMILES string of the molecule is CCC(=O)C[C@H](O)C=C[N+](=O)[O-]. The van der Waals surface area contributed by atoms with Crippen LogP contribution in [0.5, 0.6) is 0 Å². The van der Waals surface area contributed by atoms with Gasteiger partial charge in [-0.15, -0.1) is 0 Å². The summed E-state index contributed by atoms with van der Waals surface area (Å²) in [5, 5.41) is 18.8. The first-order chi connectivity index (χ1) is 5.56. The van der Waals surface area contributed by atoms with Crippen LogP contribution >= 0.6 is 0 Å². The smallest absolute Gasteiger partial charge is 0.233 e. The van der Waals surface area contributed by atoms with Gasteiger partial charge in [0.1, 0.15) is 5.78 Å². The summed E-state index contributed by atoms with van der Waals surface area (Å²) < 4.78 is 0.